The Morgan fingerprint density at radius 1 is 1.09 bits per heavy atom. The van der Waals surface area contributed by atoms with E-state index < -0.39 is 23.6 Å². The summed E-state index contributed by atoms with van der Waals surface area (Å²) in [5, 5.41) is 2.59. The number of hydrogen-bond acceptors (Lipinski definition) is 7. The molecule has 168 valence electrons. The Morgan fingerprint density at radius 2 is 1.75 bits per heavy atom. The monoisotopic (exact) mass is 476 g/mol. The Balaban J connectivity index is 1.80. The maximum atomic E-state index is 12.8. The smallest absolute Gasteiger partial charge is 0.294 e. The van der Waals surface area contributed by atoms with Gasteiger partial charge in [0.15, 0.2) is 0 Å². The van der Waals surface area contributed by atoms with E-state index in [2.05, 4.69) is 5.32 Å². The summed E-state index contributed by atoms with van der Waals surface area (Å²) < 4.78 is 16.0. The number of imide groups is 1. The van der Waals surface area contributed by atoms with Gasteiger partial charge in [-0.2, -0.15) is 0 Å². The molecule has 3 rings (SSSR count). The summed E-state index contributed by atoms with van der Waals surface area (Å²) >= 11 is 6.80. The van der Waals surface area contributed by atoms with Crippen LogP contribution in [0.5, 0.6) is 17.2 Å². The van der Waals surface area contributed by atoms with Gasteiger partial charge in [-0.1, -0.05) is 17.7 Å². The minimum Gasteiger partial charge on any atom is -0.496 e. The number of anilines is 1. The molecule has 1 saturated heterocycles. The highest BCUT2D eigenvalue weighted by atomic mass is 35.5. The van der Waals surface area contributed by atoms with E-state index in [1.54, 1.807) is 30.3 Å². The van der Waals surface area contributed by atoms with Gasteiger partial charge in [0.25, 0.3) is 11.1 Å². The molecule has 0 radical (unpaired) electrons. The second-order valence-electron chi connectivity index (χ2n) is 6.73. The number of aryl methyl sites for hydroxylation is 1. The number of carbonyl (C=O) groups is 3. The van der Waals surface area contributed by atoms with Crippen molar-refractivity contribution in [2.24, 2.45) is 0 Å². The van der Waals surface area contributed by atoms with Gasteiger partial charge >= 0.3 is 0 Å². The molecular weight excluding hydrogens is 456 g/mol. The molecule has 1 aliphatic heterocycles. The summed E-state index contributed by atoms with van der Waals surface area (Å²) in [6.07, 6.45) is 1.50. The second kappa shape index (κ2) is 9.97. The summed E-state index contributed by atoms with van der Waals surface area (Å²) in [5.74, 6) is 0.214. The van der Waals surface area contributed by atoms with E-state index in [0.29, 0.717) is 33.5 Å². The van der Waals surface area contributed by atoms with Gasteiger partial charge in [-0.15, -0.1) is 0 Å². The van der Waals surface area contributed by atoms with Crippen molar-refractivity contribution in [2.45, 2.75) is 6.92 Å². The zero-order chi connectivity index (χ0) is 23.4. The zero-order valence-electron chi connectivity index (χ0n) is 17.9. The molecule has 2 aromatic rings. The van der Waals surface area contributed by atoms with Gasteiger partial charge in [-0.05, 0) is 42.5 Å². The van der Waals surface area contributed by atoms with Crippen LogP contribution in [0.1, 0.15) is 11.1 Å². The number of rotatable bonds is 7. The molecule has 32 heavy (non-hydrogen) atoms. The van der Waals surface area contributed by atoms with Crippen LogP contribution < -0.4 is 19.5 Å². The van der Waals surface area contributed by atoms with Gasteiger partial charge in [0, 0.05) is 22.8 Å². The van der Waals surface area contributed by atoms with Crippen molar-refractivity contribution in [3.05, 3.63) is 51.4 Å². The van der Waals surface area contributed by atoms with Gasteiger partial charge in [-0.25, -0.2) is 0 Å². The SMILES string of the molecule is COc1cc(OC)c(/C=C2\SC(=O)N(CC(=O)Nc3ccc(C)c(Cl)c3)C2=O)c(OC)c1. The van der Waals surface area contributed by atoms with Crippen molar-refractivity contribution in [3.8, 4) is 17.2 Å². The van der Waals surface area contributed by atoms with Gasteiger partial charge in [0.2, 0.25) is 5.91 Å². The third-order valence-corrected chi connectivity index (χ3v) is 5.97. The van der Waals surface area contributed by atoms with Crippen molar-refractivity contribution in [1.82, 2.24) is 4.90 Å². The topological polar surface area (TPSA) is 94.2 Å². The molecule has 3 amide bonds. The number of amides is 3. The third kappa shape index (κ3) is 5.00. The van der Waals surface area contributed by atoms with Crippen LogP contribution in [0.4, 0.5) is 10.5 Å². The fourth-order valence-electron chi connectivity index (χ4n) is 2.96. The number of nitrogens with one attached hydrogen (secondary N) is 1. The van der Waals surface area contributed by atoms with Crippen LogP contribution in [0.3, 0.4) is 0 Å². The number of methoxy groups -OCH3 is 3. The Kier molecular flexibility index (Phi) is 7.32. The molecule has 1 fully saturated rings. The van der Waals surface area contributed by atoms with Crippen LogP contribution in [0.2, 0.25) is 5.02 Å². The van der Waals surface area contributed by atoms with E-state index in [9.17, 15) is 14.4 Å². The predicted molar refractivity (Wildman–Crippen MR) is 124 cm³/mol. The van der Waals surface area contributed by atoms with Gasteiger partial charge < -0.3 is 19.5 Å². The molecule has 0 aliphatic carbocycles. The first-order valence-electron chi connectivity index (χ1n) is 9.38. The van der Waals surface area contributed by atoms with E-state index in [-0.39, 0.29) is 4.91 Å². The van der Waals surface area contributed by atoms with Crippen LogP contribution in [-0.4, -0.2) is 49.8 Å². The Labute approximate surface area is 194 Å². The van der Waals surface area contributed by atoms with Gasteiger partial charge in [0.05, 0.1) is 31.8 Å². The second-order valence-corrected chi connectivity index (χ2v) is 8.13. The maximum Gasteiger partial charge on any atom is 0.294 e. The summed E-state index contributed by atoms with van der Waals surface area (Å²) in [6.45, 7) is 1.41. The molecule has 1 heterocycles. The van der Waals surface area contributed by atoms with Crippen molar-refractivity contribution < 1.29 is 28.6 Å². The molecule has 8 nitrogen and oxygen atoms in total. The summed E-state index contributed by atoms with van der Waals surface area (Å²) in [7, 11) is 4.45. The molecular formula is C22H21ClN2O6S. The minimum absolute atomic E-state index is 0.142. The Morgan fingerprint density at radius 3 is 2.31 bits per heavy atom. The number of hydrogen-bond donors (Lipinski definition) is 1. The van der Waals surface area contributed by atoms with E-state index in [1.165, 1.54) is 27.4 Å². The fraction of sp³-hybridized carbons (Fsp3) is 0.227. The zero-order valence-corrected chi connectivity index (χ0v) is 19.4. The highest BCUT2D eigenvalue weighted by molar-refractivity contribution is 8.18. The largest absolute Gasteiger partial charge is 0.496 e. The van der Waals surface area contributed by atoms with Crippen LogP contribution in [0.25, 0.3) is 6.08 Å². The van der Waals surface area contributed by atoms with Crippen molar-refractivity contribution in [3.63, 3.8) is 0 Å². The van der Waals surface area contributed by atoms with Crippen molar-refractivity contribution in [1.29, 1.82) is 0 Å². The summed E-state index contributed by atoms with van der Waals surface area (Å²) in [5.41, 5.74) is 1.81. The van der Waals surface area contributed by atoms with Crippen molar-refractivity contribution >= 4 is 52.2 Å². The molecule has 0 bridgehead atoms. The lowest BCUT2D eigenvalue weighted by Crippen LogP contribution is -2.36. The average molecular weight is 477 g/mol. The number of carbonyl (C=O) groups excluding carboxylic acids is 3. The molecule has 1 aliphatic rings. The van der Waals surface area contributed by atoms with E-state index in [1.807, 2.05) is 6.92 Å². The highest BCUT2D eigenvalue weighted by Crippen LogP contribution is 2.39. The lowest BCUT2D eigenvalue weighted by molar-refractivity contribution is -0.127. The highest BCUT2D eigenvalue weighted by Gasteiger charge is 2.36. The molecule has 0 spiro atoms. The maximum absolute atomic E-state index is 12.8. The molecule has 10 heteroatoms. The molecule has 0 unspecified atom stereocenters. The van der Waals surface area contributed by atoms with E-state index in [0.717, 1.165) is 22.2 Å². The Bertz CT molecular complexity index is 1090. The van der Waals surface area contributed by atoms with E-state index in [4.69, 9.17) is 25.8 Å². The first-order chi connectivity index (χ1) is 15.3. The Hall–Kier alpha value is -3.17. The van der Waals surface area contributed by atoms with Crippen molar-refractivity contribution in [2.75, 3.05) is 33.2 Å². The van der Waals surface area contributed by atoms with Crippen LogP contribution in [-0.2, 0) is 9.59 Å². The van der Waals surface area contributed by atoms with Gasteiger partial charge in [0.1, 0.15) is 23.8 Å². The van der Waals surface area contributed by atoms with E-state index >= 15 is 0 Å². The lowest BCUT2D eigenvalue weighted by atomic mass is 10.1. The molecule has 1 N–H and O–H groups in total. The van der Waals surface area contributed by atoms with Crippen LogP contribution in [0, 0.1) is 6.92 Å². The molecule has 0 atom stereocenters. The number of nitrogens with zero attached hydrogens (tertiary/aromatic N) is 1. The average Bonchev–Trinajstić information content (AvgIpc) is 3.03. The number of thioether (sulfide) groups is 1. The number of ether oxygens (including phenoxy) is 3. The summed E-state index contributed by atoms with van der Waals surface area (Å²) in [4.78, 5) is 38.7. The molecule has 2 aromatic carbocycles. The quantitative estimate of drug-likeness (QED) is 0.593. The first-order valence-corrected chi connectivity index (χ1v) is 10.6. The predicted octanol–water partition coefficient (Wildman–Crippen LogP) is 4.35. The molecule has 0 aromatic heterocycles. The molecule has 0 saturated carbocycles. The third-order valence-electron chi connectivity index (χ3n) is 4.66. The fourth-order valence-corrected chi connectivity index (χ4v) is 3.96. The number of benzene rings is 2. The minimum atomic E-state index is -0.586. The standard InChI is InChI=1S/C22H21ClN2O6S/c1-12-5-6-13(7-16(12)23)24-20(26)11-25-21(27)19(32-22(25)28)10-15-17(30-3)8-14(29-2)9-18(15)31-4/h5-10H,11H2,1-4H3,(H,24,26)/b19-10-. The number of halogens is 1. The summed E-state index contributed by atoms with van der Waals surface area (Å²) in [6, 6.07) is 8.33. The van der Waals surface area contributed by atoms with Gasteiger partial charge in [-0.3, -0.25) is 19.3 Å². The lowest BCUT2D eigenvalue weighted by Gasteiger charge is -2.14. The van der Waals surface area contributed by atoms with Crippen LogP contribution >= 0.6 is 23.4 Å². The normalized spacial score (nSPS) is 14.7. The van der Waals surface area contributed by atoms with Crippen LogP contribution in [0.15, 0.2) is 35.2 Å². The first kappa shape index (κ1) is 23.5.